The first-order chi connectivity index (χ1) is 8.33. The van der Waals surface area contributed by atoms with Crippen LogP contribution in [0.4, 0.5) is 0 Å². The predicted octanol–water partition coefficient (Wildman–Crippen LogP) is 2.65. The Balaban J connectivity index is 1.97. The molecule has 1 heterocycles. The zero-order chi connectivity index (χ0) is 12.1. The van der Waals surface area contributed by atoms with Crippen molar-refractivity contribution in [2.45, 2.75) is 19.4 Å². The second-order valence-corrected chi connectivity index (χ2v) is 4.51. The number of hydrogen-bond donors (Lipinski definition) is 3. The van der Waals surface area contributed by atoms with Gasteiger partial charge < -0.3 is 16.0 Å². The first kappa shape index (κ1) is 12.4. The van der Waals surface area contributed by atoms with Crippen molar-refractivity contribution >= 4 is 22.5 Å². The van der Waals surface area contributed by atoms with Crippen LogP contribution in [-0.2, 0) is 6.54 Å². The zero-order valence-electron chi connectivity index (χ0n) is 9.80. The van der Waals surface area contributed by atoms with Gasteiger partial charge in [-0.1, -0.05) is 29.8 Å². The molecule has 0 saturated heterocycles. The minimum absolute atomic E-state index is 0.759. The van der Waals surface area contributed by atoms with Gasteiger partial charge in [-0.3, -0.25) is 0 Å². The summed E-state index contributed by atoms with van der Waals surface area (Å²) < 4.78 is 0. The van der Waals surface area contributed by atoms with Crippen molar-refractivity contribution < 1.29 is 0 Å². The fraction of sp³-hybridized carbons (Fsp3) is 0.385. The maximum absolute atomic E-state index is 6.31. The molecule has 2 aromatic rings. The molecule has 0 spiro atoms. The summed E-state index contributed by atoms with van der Waals surface area (Å²) >= 11 is 6.31. The number of unbranched alkanes of at least 4 members (excludes halogenated alkanes) is 1. The number of halogens is 1. The molecule has 3 nitrogen and oxygen atoms in total. The summed E-state index contributed by atoms with van der Waals surface area (Å²) in [6, 6.07) is 8.08. The Morgan fingerprint density at radius 2 is 2.06 bits per heavy atom. The van der Waals surface area contributed by atoms with E-state index in [9.17, 15) is 0 Å². The first-order valence-corrected chi connectivity index (χ1v) is 6.36. The molecule has 0 amide bonds. The Morgan fingerprint density at radius 1 is 1.24 bits per heavy atom. The second-order valence-electron chi connectivity index (χ2n) is 4.14. The Kier molecular flexibility index (Phi) is 4.42. The van der Waals surface area contributed by atoms with Crippen LogP contribution in [0.3, 0.4) is 0 Å². The van der Waals surface area contributed by atoms with Crippen molar-refractivity contribution in [2.24, 2.45) is 5.73 Å². The highest BCUT2D eigenvalue weighted by atomic mass is 35.5. The van der Waals surface area contributed by atoms with Gasteiger partial charge in [0.25, 0.3) is 0 Å². The third-order valence-corrected chi connectivity index (χ3v) is 3.26. The van der Waals surface area contributed by atoms with E-state index in [-0.39, 0.29) is 0 Å². The van der Waals surface area contributed by atoms with Crippen LogP contribution in [0.25, 0.3) is 10.9 Å². The molecule has 1 aromatic carbocycles. The lowest BCUT2D eigenvalue weighted by atomic mass is 10.2. The molecule has 2 rings (SSSR count). The molecule has 4 heteroatoms. The average molecular weight is 252 g/mol. The second kappa shape index (κ2) is 6.05. The number of aromatic amines is 1. The van der Waals surface area contributed by atoms with Crippen LogP contribution >= 0.6 is 11.6 Å². The average Bonchev–Trinajstić information content (AvgIpc) is 2.67. The Bertz CT molecular complexity index is 478. The largest absolute Gasteiger partial charge is 0.356 e. The van der Waals surface area contributed by atoms with Crippen LogP contribution in [0, 0.1) is 0 Å². The van der Waals surface area contributed by atoms with Gasteiger partial charge in [-0.25, -0.2) is 0 Å². The lowest BCUT2D eigenvalue weighted by Crippen LogP contribution is -2.16. The minimum atomic E-state index is 0.759. The Morgan fingerprint density at radius 3 is 2.82 bits per heavy atom. The van der Waals surface area contributed by atoms with E-state index in [0.29, 0.717) is 0 Å². The first-order valence-electron chi connectivity index (χ1n) is 5.99. The normalized spacial score (nSPS) is 11.2. The number of nitrogens with two attached hydrogens (primary N) is 1. The van der Waals surface area contributed by atoms with Crippen LogP contribution < -0.4 is 11.1 Å². The molecule has 0 saturated carbocycles. The van der Waals surface area contributed by atoms with E-state index in [1.807, 2.05) is 24.3 Å². The Hall–Kier alpha value is -1.03. The van der Waals surface area contributed by atoms with Gasteiger partial charge in [-0.15, -0.1) is 0 Å². The monoisotopic (exact) mass is 251 g/mol. The van der Waals surface area contributed by atoms with Crippen LogP contribution in [0.5, 0.6) is 0 Å². The number of benzene rings is 1. The maximum atomic E-state index is 6.31. The molecule has 92 valence electrons. The number of H-pyrrole nitrogens is 1. The summed E-state index contributed by atoms with van der Waals surface area (Å²) in [7, 11) is 0. The van der Waals surface area contributed by atoms with Gasteiger partial charge in [0.2, 0.25) is 0 Å². The molecule has 0 aliphatic carbocycles. The van der Waals surface area contributed by atoms with Crippen LogP contribution in [-0.4, -0.2) is 18.1 Å². The van der Waals surface area contributed by atoms with E-state index in [4.69, 9.17) is 17.3 Å². The minimum Gasteiger partial charge on any atom is -0.356 e. The third-order valence-electron chi connectivity index (χ3n) is 2.82. The summed E-state index contributed by atoms with van der Waals surface area (Å²) in [6.45, 7) is 2.51. The highest BCUT2D eigenvalue weighted by Gasteiger charge is 2.07. The van der Waals surface area contributed by atoms with Crippen LogP contribution in [0.15, 0.2) is 24.3 Å². The lowest BCUT2D eigenvalue weighted by molar-refractivity contribution is 0.622. The molecule has 1 aromatic heterocycles. The summed E-state index contributed by atoms with van der Waals surface area (Å²) in [5.74, 6) is 0. The highest BCUT2D eigenvalue weighted by molar-refractivity contribution is 6.36. The van der Waals surface area contributed by atoms with Crippen molar-refractivity contribution in [3.8, 4) is 0 Å². The SMILES string of the molecule is NCCCCNCc1[nH]c2ccccc2c1Cl. The van der Waals surface area contributed by atoms with E-state index in [1.54, 1.807) is 0 Å². The van der Waals surface area contributed by atoms with Crippen molar-refractivity contribution in [2.75, 3.05) is 13.1 Å². The number of hydrogen-bond acceptors (Lipinski definition) is 2. The van der Waals surface area contributed by atoms with E-state index >= 15 is 0 Å². The molecule has 17 heavy (non-hydrogen) atoms. The molecule has 0 bridgehead atoms. The third kappa shape index (κ3) is 3.00. The van der Waals surface area contributed by atoms with E-state index < -0.39 is 0 Å². The van der Waals surface area contributed by atoms with Crippen molar-refractivity contribution in [3.05, 3.63) is 35.0 Å². The number of nitrogens with one attached hydrogen (secondary N) is 2. The molecule has 0 aliphatic heterocycles. The van der Waals surface area contributed by atoms with E-state index in [0.717, 1.165) is 54.1 Å². The molecule has 4 N–H and O–H groups in total. The highest BCUT2D eigenvalue weighted by Crippen LogP contribution is 2.26. The maximum Gasteiger partial charge on any atom is 0.0705 e. The van der Waals surface area contributed by atoms with E-state index in [2.05, 4.69) is 10.3 Å². The molecule has 0 unspecified atom stereocenters. The molecule has 0 atom stereocenters. The molecular formula is C13H18ClN3. The molecular weight excluding hydrogens is 234 g/mol. The topological polar surface area (TPSA) is 53.8 Å². The van der Waals surface area contributed by atoms with Crippen molar-refractivity contribution in [1.82, 2.24) is 10.3 Å². The summed E-state index contributed by atoms with van der Waals surface area (Å²) in [5.41, 5.74) is 7.59. The van der Waals surface area contributed by atoms with Crippen molar-refractivity contribution in [1.29, 1.82) is 0 Å². The van der Waals surface area contributed by atoms with Gasteiger partial charge in [-0.2, -0.15) is 0 Å². The predicted molar refractivity (Wildman–Crippen MR) is 73.3 cm³/mol. The number of aromatic nitrogens is 1. The van der Waals surface area contributed by atoms with Gasteiger partial charge in [0.1, 0.15) is 0 Å². The van der Waals surface area contributed by atoms with Gasteiger partial charge in [0, 0.05) is 23.1 Å². The Labute approximate surface area is 106 Å². The number of para-hydroxylation sites is 1. The quantitative estimate of drug-likeness (QED) is 0.692. The summed E-state index contributed by atoms with van der Waals surface area (Å²) in [4.78, 5) is 3.34. The fourth-order valence-corrected chi connectivity index (χ4v) is 2.17. The molecule has 0 fully saturated rings. The molecule has 0 aliphatic rings. The van der Waals surface area contributed by atoms with Gasteiger partial charge in [0.05, 0.1) is 5.02 Å². The van der Waals surface area contributed by atoms with E-state index in [1.165, 1.54) is 0 Å². The summed E-state index contributed by atoms with van der Waals surface area (Å²) in [6.07, 6.45) is 2.17. The van der Waals surface area contributed by atoms with Crippen LogP contribution in [0.2, 0.25) is 5.02 Å². The number of rotatable bonds is 6. The van der Waals surface area contributed by atoms with Gasteiger partial charge in [0.15, 0.2) is 0 Å². The molecule has 0 radical (unpaired) electrons. The van der Waals surface area contributed by atoms with Crippen LogP contribution in [0.1, 0.15) is 18.5 Å². The van der Waals surface area contributed by atoms with Gasteiger partial charge in [-0.05, 0) is 32.0 Å². The lowest BCUT2D eigenvalue weighted by Gasteiger charge is -2.02. The summed E-state index contributed by atoms with van der Waals surface area (Å²) in [5, 5.41) is 5.28. The smallest absolute Gasteiger partial charge is 0.0705 e. The zero-order valence-corrected chi connectivity index (χ0v) is 10.6. The number of fused-ring (bicyclic) bond motifs is 1. The fourth-order valence-electron chi connectivity index (χ4n) is 1.89. The van der Waals surface area contributed by atoms with Crippen molar-refractivity contribution in [3.63, 3.8) is 0 Å². The van der Waals surface area contributed by atoms with Gasteiger partial charge >= 0.3 is 0 Å². The standard InChI is InChI=1S/C13H18ClN3/c14-13-10-5-1-2-6-11(10)17-12(13)9-16-8-4-3-7-15/h1-2,5-6,16-17H,3-4,7-9,15H2.